The van der Waals surface area contributed by atoms with Gasteiger partial charge in [0.1, 0.15) is 5.75 Å². The highest BCUT2D eigenvalue weighted by Gasteiger charge is 2.33. The molecule has 1 aliphatic rings. The zero-order chi connectivity index (χ0) is 23.0. The van der Waals surface area contributed by atoms with Gasteiger partial charge >= 0.3 is 5.97 Å². The largest absolute Gasteiger partial charge is 0.496 e. The first kappa shape index (κ1) is 22.8. The second kappa shape index (κ2) is 9.21. The van der Waals surface area contributed by atoms with E-state index in [-0.39, 0.29) is 5.56 Å². The van der Waals surface area contributed by atoms with Gasteiger partial charge in [0.25, 0.3) is 5.56 Å². The molecule has 0 saturated heterocycles. The Hall–Kier alpha value is -2.43. The molecule has 6 nitrogen and oxygen atoms in total. The summed E-state index contributed by atoms with van der Waals surface area (Å²) in [5.74, 6) is 0.246. The monoisotopic (exact) mass is 580 g/mol. The predicted molar refractivity (Wildman–Crippen MR) is 133 cm³/mol. The molecule has 0 saturated carbocycles. The van der Waals surface area contributed by atoms with Gasteiger partial charge in [0, 0.05) is 5.02 Å². The summed E-state index contributed by atoms with van der Waals surface area (Å²) < 4.78 is 13.3. The van der Waals surface area contributed by atoms with Crippen molar-refractivity contribution in [1.82, 2.24) is 4.57 Å². The van der Waals surface area contributed by atoms with Crippen molar-refractivity contribution in [2.24, 2.45) is 4.99 Å². The second-order valence-electron chi connectivity index (χ2n) is 7.02. The van der Waals surface area contributed by atoms with Crippen LogP contribution in [0.1, 0.15) is 24.1 Å². The van der Waals surface area contributed by atoms with Crippen molar-refractivity contribution in [3.8, 4) is 5.75 Å². The van der Waals surface area contributed by atoms with Gasteiger partial charge < -0.3 is 9.47 Å². The van der Waals surface area contributed by atoms with E-state index in [1.807, 2.05) is 24.3 Å². The minimum atomic E-state index is -0.658. The van der Waals surface area contributed by atoms with E-state index in [0.29, 0.717) is 25.6 Å². The summed E-state index contributed by atoms with van der Waals surface area (Å²) in [6, 6.07) is 12.1. The number of fused-ring (bicyclic) bond motifs is 1. The summed E-state index contributed by atoms with van der Waals surface area (Å²) in [6.07, 6.45) is 1.82. The molecule has 0 aliphatic carbocycles. The first-order chi connectivity index (χ1) is 15.3. The van der Waals surface area contributed by atoms with Crippen LogP contribution in [0, 0.1) is 3.57 Å². The highest BCUT2D eigenvalue weighted by molar-refractivity contribution is 14.1. The number of methoxy groups -OCH3 is 2. The molecule has 0 radical (unpaired) electrons. The van der Waals surface area contributed by atoms with Gasteiger partial charge in [-0.05, 0) is 71.0 Å². The van der Waals surface area contributed by atoms with E-state index in [2.05, 4.69) is 27.6 Å². The molecule has 9 heteroatoms. The predicted octanol–water partition coefficient (Wildman–Crippen LogP) is 3.67. The van der Waals surface area contributed by atoms with Gasteiger partial charge in [-0.2, -0.15) is 0 Å². The number of nitrogens with zero attached hydrogens (tertiary/aromatic N) is 2. The van der Waals surface area contributed by atoms with Gasteiger partial charge in [0.15, 0.2) is 4.80 Å². The molecule has 1 aliphatic heterocycles. The Morgan fingerprint density at radius 3 is 2.56 bits per heavy atom. The van der Waals surface area contributed by atoms with Crippen molar-refractivity contribution in [3.63, 3.8) is 0 Å². The molecule has 0 spiro atoms. The van der Waals surface area contributed by atoms with Crippen molar-refractivity contribution in [1.29, 1.82) is 0 Å². The number of thiazole rings is 1. The molecule has 0 unspecified atom stereocenters. The zero-order valence-corrected chi connectivity index (χ0v) is 21.1. The fraction of sp³-hybridized carbons (Fsp3) is 0.174. The number of esters is 1. The van der Waals surface area contributed by atoms with Crippen LogP contribution in [0.4, 0.5) is 0 Å². The Balaban J connectivity index is 1.94. The smallest absolute Gasteiger partial charge is 0.338 e. The van der Waals surface area contributed by atoms with E-state index >= 15 is 0 Å². The minimum Gasteiger partial charge on any atom is -0.496 e. The molecule has 2 aromatic carbocycles. The molecule has 1 atom stereocenters. The maximum Gasteiger partial charge on any atom is 0.338 e. The van der Waals surface area contributed by atoms with E-state index in [1.165, 1.54) is 18.4 Å². The lowest BCUT2D eigenvalue weighted by molar-refractivity contribution is -0.136. The molecule has 0 amide bonds. The van der Waals surface area contributed by atoms with Crippen LogP contribution in [-0.2, 0) is 9.53 Å². The van der Waals surface area contributed by atoms with Gasteiger partial charge in [-0.15, -0.1) is 0 Å². The highest BCUT2D eigenvalue weighted by atomic mass is 127. The number of carbonyl (C=O) groups excluding carboxylic acids is 1. The first-order valence-corrected chi connectivity index (χ1v) is 11.8. The van der Waals surface area contributed by atoms with Crippen LogP contribution < -0.4 is 19.6 Å². The molecule has 0 fully saturated rings. The van der Waals surface area contributed by atoms with Crippen LogP contribution in [0.5, 0.6) is 5.75 Å². The SMILES string of the molecule is COC(=O)C1=C(C)N=c2s/c(=C\c3ccc(OC)c(I)c3)c(=O)n2[C@@H]1c1ccc(Cl)cc1. The number of hydrogen-bond donors (Lipinski definition) is 0. The van der Waals surface area contributed by atoms with Crippen molar-refractivity contribution in [3.05, 3.63) is 93.1 Å². The average Bonchev–Trinajstić information content (AvgIpc) is 3.07. The van der Waals surface area contributed by atoms with Crippen LogP contribution in [0.2, 0.25) is 5.02 Å². The van der Waals surface area contributed by atoms with E-state index in [1.54, 1.807) is 42.9 Å². The summed E-state index contributed by atoms with van der Waals surface area (Å²) in [5, 5.41) is 0.565. The maximum absolute atomic E-state index is 13.5. The molecule has 1 aromatic heterocycles. The number of halogens is 2. The van der Waals surface area contributed by atoms with Crippen LogP contribution in [0.3, 0.4) is 0 Å². The van der Waals surface area contributed by atoms with E-state index in [4.69, 9.17) is 21.1 Å². The Kier molecular flexibility index (Phi) is 6.55. The minimum absolute atomic E-state index is 0.228. The Bertz CT molecular complexity index is 1420. The third kappa shape index (κ3) is 4.14. The van der Waals surface area contributed by atoms with Gasteiger partial charge in [0.2, 0.25) is 0 Å². The number of carbonyl (C=O) groups is 1. The third-order valence-electron chi connectivity index (χ3n) is 5.09. The number of benzene rings is 2. The quantitative estimate of drug-likeness (QED) is 0.349. The lowest BCUT2D eigenvalue weighted by Gasteiger charge is -2.24. The van der Waals surface area contributed by atoms with Crippen molar-refractivity contribution in [2.75, 3.05) is 14.2 Å². The Morgan fingerprint density at radius 2 is 1.94 bits per heavy atom. The molecule has 3 aromatic rings. The van der Waals surface area contributed by atoms with Gasteiger partial charge in [-0.25, -0.2) is 9.79 Å². The van der Waals surface area contributed by atoms with Crippen LogP contribution in [-0.4, -0.2) is 24.8 Å². The van der Waals surface area contributed by atoms with Crippen LogP contribution in [0.25, 0.3) is 6.08 Å². The van der Waals surface area contributed by atoms with Gasteiger partial charge in [0.05, 0.1) is 39.6 Å². The number of aromatic nitrogens is 1. The highest BCUT2D eigenvalue weighted by Crippen LogP contribution is 2.31. The molecule has 0 N–H and O–H groups in total. The fourth-order valence-electron chi connectivity index (χ4n) is 3.58. The fourth-order valence-corrected chi connectivity index (χ4v) is 5.51. The van der Waals surface area contributed by atoms with Crippen molar-refractivity contribution in [2.45, 2.75) is 13.0 Å². The normalized spacial score (nSPS) is 15.9. The second-order valence-corrected chi connectivity index (χ2v) is 9.63. The summed E-state index contributed by atoms with van der Waals surface area (Å²) >= 11 is 9.54. The third-order valence-corrected chi connectivity index (χ3v) is 7.16. The number of allylic oxidation sites excluding steroid dienone is 1. The molecule has 2 heterocycles. The number of rotatable bonds is 4. The zero-order valence-electron chi connectivity index (χ0n) is 17.4. The van der Waals surface area contributed by atoms with E-state index in [9.17, 15) is 9.59 Å². The maximum atomic E-state index is 13.5. The molecular weight excluding hydrogens is 563 g/mol. The molecule has 164 valence electrons. The average molecular weight is 581 g/mol. The van der Waals surface area contributed by atoms with E-state index < -0.39 is 12.0 Å². The summed E-state index contributed by atoms with van der Waals surface area (Å²) in [4.78, 5) is 31.2. The Labute approximate surface area is 206 Å². The van der Waals surface area contributed by atoms with Crippen molar-refractivity contribution < 1.29 is 14.3 Å². The van der Waals surface area contributed by atoms with E-state index in [0.717, 1.165) is 20.4 Å². The molecular formula is C23H18ClIN2O4S. The topological polar surface area (TPSA) is 69.9 Å². The summed E-state index contributed by atoms with van der Waals surface area (Å²) in [6.45, 7) is 1.75. The van der Waals surface area contributed by atoms with Crippen molar-refractivity contribution >= 4 is 57.6 Å². The summed E-state index contributed by atoms with van der Waals surface area (Å²) in [5.41, 5.74) is 2.23. The molecule has 0 bridgehead atoms. The van der Waals surface area contributed by atoms with Gasteiger partial charge in [-0.3, -0.25) is 9.36 Å². The first-order valence-electron chi connectivity index (χ1n) is 9.54. The summed E-state index contributed by atoms with van der Waals surface area (Å²) in [7, 11) is 2.94. The Morgan fingerprint density at radius 1 is 1.22 bits per heavy atom. The lowest BCUT2D eigenvalue weighted by Crippen LogP contribution is -2.39. The molecule has 4 rings (SSSR count). The number of ether oxygens (including phenoxy) is 2. The lowest BCUT2D eigenvalue weighted by atomic mass is 9.96. The number of hydrogen-bond acceptors (Lipinski definition) is 6. The van der Waals surface area contributed by atoms with Crippen LogP contribution >= 0.6 is 45.5 Å². The molecule has 32 heavy (non-hydrogen) atoms. The standard InChI is InChI=1S/C23H18ClIN2O4S/c1-12-19(22(29)31-3)20(14-5-7-15(24)8-6-14)27-21(28)18(32-23(27)26-12)11-13-4-9-17(30-2)16(25)10-13/h4-11,20H,1-3H3/b18-11-/t20-/m1/s1. The van der Waals surface area contributed by atoms with Crippen LogP contribution in [0.15, 0.2) is 63.5 Å². The van der Waals surface area contributed by atoms with Gasteiger partial charge in [-0.1, -0.05) is 41.1 Å².